The second-order valence-electron chi connectivity index (χ2n) is 4.29. The fourth-order valence-corrected chi connectivity index (χ4v) is 1.80. The summed E-state index contributed by atoms with van der Waals surface area (Å²) < 4.78 is 7.06. The number of aryl methyl sites for hydroxylation is 1. The summed E-state index contributed by atoms with van der Waals surface area (Å²) in [6.07, 6.45) is 0.992. The zero-order chi connectivity index (χ0) is 13.8. The third kappa shape index (κ3) is 3.62. The highest BCUT2D eigenvalue weighted by molar-refractivity contribution is 6.31. The molecule has 1 aromatic carbocycles. The summed E-state index contributed by atoms with van der Waals surface area (Å²) in [5.41, 5.74) is 7.03. The molecule has 0 aliphatic rings. The highest BCUT2D eigenvalue weighted by atomic mass is 35.5. The number of para-hydroxylation sites is 2. The number of nitrogens with two attached hydrogens (primary N) is 1. The van der Waals surface area contributed by atoms with Gasteiger partial charge in [0.25, 0.3) is 0 Å². The number of nitrogen functional groups attached to an aromatic ring is 1. The van der Waals surface area contributed by atoms with Crippen LogP contribution in [0.2, 0.25) is 5.02 Å². The minimum absolute atomic E-state index is 0.144. The topological polar surface area (TPSA) is 73.3 Å². The standard InChI is InChI=1S/C13H16ClN3O2/c1-9-11(14)7-17(16-9)6-10(18)8-19-13-5-3-2-4-12(13)15/h2-5,7,10,18H,6,8,15H2,1H3. The Bertz CT molecular complexity index is 537. The lowest BCUT2D eigenvalue weighted by Gasteiger charge is -2.13. The van der Waals surface area contributed by atoms with Crippen molar-refractivity contribution < 1.29 is 9.84 Å². The molecule has 0 aliphatic heterocycles. The van der Waals surface area contributed by atoms with Gasteiger partial charge in [-0.1, -0.05) is 23.7 Å². The van der Waals surface area contributed by atoms with Gasteiger partial charge in [0.1, 0.15) is 18.5 Å². The van der Waals surface area contributed by atoms with Crippen LogP contribution < -0.4 is 10.5 Å². The molecule has 0 amide bonds. The molecule has 3 N–H and O–H groups in total. The molecule has 2 aromatic rings. The van der Waals surface area contributed by atoms with Gasteiger partial charge < -0.3 is 15.6 Å². The van der Waals surface area contributed by atoms with Crippen LogP contribution >= 0.6 is 11.6 Å². The smallest absolute Gasteiger partial charge is 0.142 e. The van der Waals surface area contributed by atoms with E-state index in [4.69, 9.17) is 22.1 Å². The normalized spacial score (nSPS) is 12.4. The SMILES string of the molecule is Cc1nn(CC(O)COc2ccccc2N)cc1Cl. The third-order valence-electron chi connectivity index (χ3n) is 2.63. The zero-order valence-electron chi connectivity index (χ0n) is 10.6. The number of aliphatic hydroxyl groups excluding tert-OH is 1. The third-order valence-corrected chi connectivity index (χ3v) is 3.01. The maximum Gasteiger partial charge on any atom is 0.142 e. The van der Waals surface area contributed by atoms with Gasteiger partial charge in [-0.05, 0) is 19.1 Å². The lowest BCUT2D eigenvalue weighted by Crippen LogP contribution is -2.24. The van der Waals surface area contributed by atoms with E-state index in [2.05, 4.69) is 5.10 Å². The van der Waals surface area contributed by atoms with E-state index in [1.807, 2.05) is 19.1 Å². The Hall–Kier alpha value is -1.72. The number of aromatic nitrogens is 2. The predicted molar refractivity (Wildman–Crippen MR) is 74.3 cm³/mol. The van der Waals surface area contributed by atoms with Crippen LogP contribution in [0.1, 0.15) is 5.69 Å². The van der Waals surface area contributed by atoms with Crippen LogP contribution in [0, 0.1) is 6.92 Å². The van der Waals surface area contributed by atoms with Gasteiger partial charge in [0.2, 0.25) is 0 Å². The number of hydrogen-bond acceptors (Lipinski definition) is 4. The number of hydrogen-bond donors (Lipinski definition) is 2. The quantitative estimate of drug-likeness (QED) is 0.821. The van der Waals surface area contributed by atoms with Gasteiger partial charge in [0.15, 0.2) is 0 Å². The number of halogens is 1. The Morgan fingerprint density at radius 2 is 2.21 bits per heavy atom. The summed E-state index contributed by atoms with van der Waals surface area (Å²) in [7, 11) is 0. The fraction of sp³-hybridized carbons (Fsp3) is 0.308. The van der Waals surface area contributed by atoms with Crippen molar-refractivity contribution in [2.45, 2.75) is 19.6 Å². The molecule has 0 saturated heterocycles. The van der Waals surface area contributed by atoms with Crippen molar-refractivity contribution in [3.8, 4) is 5.75 Å². The van der Waals surface area contributed by atoms with E-state index in [1.54, 1.807) is 23.0 Å². The van der Waals surface area contributed by atoms with Gasteiger partial charge in [-0.3, -0.25) is 4.68 Å². The highest BCUT2D eigenvalue weighted by Gasteiger charge is 2.10. The van der Waals surface area contributed by atoms with E-state index in [0.29, 0.717) is 23.0 Å². The maximum atomic E-state index is 9.89. The van der Waals surface area contributed by atoms with E-state index in [9.17, 15) is 5.11 Å². The van der Waals surface area contributed by atoms with Crippen LogP contribution in [-0.4, -0.2) is 27.6 Å². The Balaban J connectivity index is 1.88. The molecule has 0 bridgehead atoms. The molecule has 5 nitrogen and oxygen atoms in total. The number of anilines is 1. The monoisotopic (exact) mass is 281 g/mol. The summed E-state index contributed by atoms with van der Waals surface area (Å²) in [4.78, 5) is 0. The average Bonchev–Trinajstić information content (AvgIpc) is 2.67. The van der Waals surface area contributed by atoms with E-state index < -0.39 is 6.10 Å². The lowest BCUT2D eigenvalue weighted by molar-refractivity contribution is 0.0896. The van der Waals surface area contributed by atoms with Crippen LogP contribution in [-0.2, 0) is 6.54 Å². The van der Waals surface area contributed by atoms with Crippen LogP contribution in [0.4, 0.5) is 5.69 Å². The van der Waals surface area contributed by atoms with Gasteiger partial charge in [-0.15, -0.1) is 0 Å². The predicted octanol–water partition coefficient (Wildman–Crippen LogP) is 1.87. The molecule has 2 rings (SSSR count). The first kappa shape index (κ1) is 13.7. The molecule has 0 aliphatic carbocycles. The Labute approximate surface area is 116 Å². The first-order valence-corrected chi connectivity index (χ1v) is 6.29. The molecular weight excluding hydrogens is 266 g/mol. The molecule has 19 heavy (non-hydrogen) atoms. The zero-order valence-corrected chi connectivity index (χ0v) is 11.3. The molecule has 0 fully saturated rings. The summed E-state index contributed by atoms with van der Waals surface area (Å²) in [5.74, 6) is 0.566. The van der Waals surface area contributed by atoms with Crippen molar-refractivity contribution in [3.05, 3.63) is 41.2 Å². The molecule has 0 saturated carbocycles. The number of ether oxygens (including phenoxy) is 1. The van der Waals surface area contributed by atoms with E-state index in [0.717, 1.165) is 5.69 Å². The molecule has 102 valence electrons. The molecule has 0 spiro atoms. The molecular formula is C13H16ClN3O2. The number of aliphatic hydroxyl groups is 1. The molecule has 0 radical (unpaired) electrons. The van der Waals surface area contributed by atoms with Crippen molar-refractivity contribution >= 4 is 17.3 Å². The molecule has 6 heteroatoms. The van der Waals surface area contributed by atoms with Crippen molar-refractivity contribution in [2.75, 3.05) is 12.3 Å². The van der Waals surface area contributed by atoms with Gasteiger partial charge in [0.05, 0.1) is 22.9 Å². The lowest BCUT2D eigenvalue weighted by atomic mass is 10.3. The van der Waals surface area contributed by atoms with E-state index in [1.165, 1.54) is 0 Å². The molecule has 1 heterocycles. The minimum atomic E-state index is -0.685. The number of nitrogens with zero attached hydrogens (tertiary/aromatic N) is 2. The van der Waals surface area contributed by atoms with Crippen molar-refractivity contribution in [2.24, 2.45) is 0 Å². The van der Waals surface area contributed by atoms with Crippen molar-refractivity contribution in [1.29, 1.82) is 0 Å². The molecule has 1 unspecified atom stereocenters. The number of rotatable bonds is 5. The summed E-state index contributed by atoms with van der Waals surface area (Å²) in [6.45, 7) is 2.28. The van der Waals surface area contributed by atoms with Gasteiger partial charge in [0, 0.05) is 6.20 Å². The molecule has 1 atom stereocenters. The van der Waals surface area contributed by atoms with Gasteiger partial charge >= 0.3 is 0 Å². The van der Waals surface area contributed by atoms with Crippen molar-refractivity contribution in [1.82, 2.24) is 9.78 Å². The first-order chi connectivity index (χ1) is 9.06. The van der Waals surface area contributed by atoms with Crippen LogP contribution in [0.3, 0.4) is 0 Å². The second-order valence-corrected chi connectivity index (χ2v) is 4.69. The Kier molecular flexibility index (Phi) is 4.29. The maximum absolute atomic E-state index is 9.89. The Morgan fingerprint density at radius 1 is 1.47 bits per heavy atom. The number of benzene rings is 1. The van der Waals surface area contributed by atoms with Crippen LogP contribution in [0.5, 0.6) is 5.75 Å². The summed E-state index contributed by atoms with van der Waals surface area (Å²) in [6, 6.07) is 7.16. The summed E-state index contributed by atoms with van der Waals surface area (Å²) >= 11 is 5.89. The van der Waals surface area contributed by atoms with E-state index in [-0.39, 0.29) is 6.61 Å². The van der Waals surface area contributed by atoms with Gasteiger partial charge in [-0.25, -0.2) is 0 Å². The largest absolute Gasteiger partial charge is 0.489 e. The highest BCUT2D eigenvalue weighted by Crippen LogP contribution is 2.20. The Morgan fingerprint density at radius 3 is 2.84 bits per heavy atom. The summed E-state index contributed by atoms with van der Waals surface area (Å²) in [5, 5.41) is 14.6. The van der Waals surface area contributed by atoms with Crippen LogP contribution in [0.15, 0.2) is 30.5 Å². The van der Waals surface area contributed by atoms with Gasteiger partial charge in [-0.2, -0.15) is 5.10 Å². The fourth-order valence-electron chi connectivity index (χ4n) is 1.65. The second kappa shape index (κ2) is 5.95. The van der Waals surface area contributed by atoms with E-state index >= 15 is 0 Å². The first-order valence-electron chi connectivity index (χ1n) is 5.91. The average molecular weight is 282 g/mol. The van der Waals surface area contributed by atoms with Crippen molar-refractivity contribution in [3.63, 3.8) is 0 Å². The van der Waals surface area contributed by atoms with Crippen LogP contribution in [0.25, 0.3) is 0 Å². The molecule has 1 aromatic heterocycles. The minimum Gasteiger partial charge on any atom is -0.489 e.